The van der Waals surface area contributed by atoms with Crippen LogP contribution in [-0.2, 0) is 26.0 Å². The molecule has 3 heterocycles. The molecule has 1 amide bonds. The summed E-state index contributed by atoms with van der Waals surface area (Å²) < 4.78 is 0. The van der Waals surface area contributed by atoms with Gasteiger partial charge in [-0.25, -0.2) is 0 Å². The molecule has 5 rings (SSSR count). The highest BCUT2D eigenvalue weighted by Crippen LogP contribution is 2.43. The van der Waals surface area contributed by atoms with Crippen LogP contribution in [0.1, 0.15) is 70.1 Å². The van der Waals surface area contributed by atoms with Gasteiger partial charge in [-0.15, -0.1) is 0 Å². The topological polar surface area (TPSA) is 94.0 Å². The van der Waals surface area contributed by atoms with Gasteiger partial charge in [0.2, 0.25) is 5.91 Å². The third kappa shape index (κ3) is 6.03. The van der Waals surface area contributed by atoms with Gasteiger partial charge in [-0.2, -0.15) is 5.26 Å². The lowest BCUT2D eigenvalue weighted by Crippen LogP contribution is -2.59. The molecule has 1 spiro atoms. The molecule has 3 N–H and O–H groups in total. The number of rotatable bonds is 1. The van der Waals surface area contributed by atoms with E-state index in [2.05, 4.69) is 72.3 Å². The van der Waals surface area contributed by atoms with Crippen LogP contribution in [0.3, 0.4) is 0 Å². The van der Waals surface area contributed by atoms with Gasteiger partial charge in [0.1, 0.15) is 5.78 Å². The highest BCUT2D eigenvalue weighted by atomic mass is 16.2. The van der Waals surface area contributed by atoms with E-state index in [1.54, 1.807) is 0 Å². The minimum atomic E-state index is -0.308. The molecular weight excluding hydrogens is 448 g/mol. The van der Waals surface area contributed by atoms with Crippen molar-refractivity contribution in [1.29, 1.82) is 5.26 Å². The van der Waals surface area contributed by atoms with Gasteiger partial charge >= 0.3 is 0 Å². The van der Waals surface area contributed by atoms with Gasteiger partial charge in [0.15, 0.2) is 0 Å². The molecule has 6 nitrogen and oxygen atoms in total. The minimum Gasteiger partial charge on any atom is -0.346 e. The Labute approximate surface area is 215 Å². The molecule has 2 saturated heterocycles. The number of piperidine rings is 2. The quantitative estimate of drug-likeness (QED) is 0.562. The van der Waals surface area contributed by atoms with Crippen LogP contribution >= 0.6 is 0 Å². The first-order chi connectivity index (χ1) is 17.2. The van der Waals surface area contributed by atoms with Crippen molar-refractivity contribution in [2.24, 2.45) is 0 Å². The fourth-order valence-electron chi connectivity index (χ4n) is 5.46. The summed E-state index contributed by atoms with van der Waals surface area (Å²) in [5.41, 5.74) is 2.86. The first-order valence-electron chi connectivity index (χ1n) is 12.9. The van der Waals surface area contributed by atoms with E-state index in [1.807, 2.05) is 18.2 Å². The largest absolute Gasteiger partial charge is 0.346 e. The average Bonchev–Trinajstić information content (AvgIpc) is 2.89. The van der Waals surface area contributed by atoms with E-state index >= 15 is 0 Å². The fraction of sp³-hybridized carbons (Fsp3) is 0.500. The lowest BCUT2D eigenvalue weighted by Gasteiger charge is -2.46. The predicted molar refractivity (Wildman–Crippen MR) is 144 cm³/mol. The number of Topliss-reactive ketones (excluding diaryl/α,β-unsaturated/α-hetero) is 1. The molecule has 0 aliphatic carbocycles. The van der Waals surface area contributed by atoms with Crippen molar-refractivity contribution in [3.05, 3.63) is 71.3 Å². The maximum Gasteiger partial charge on any atom is 0.231 e. The number of hydrogen-bond acceptors (Lipinski definition) is 5. The summed E-state index contributed by atoms with van der Waals surface area (Å²) in [6.07, 6.45) is 3.64. The Balaban J connectivity index is 0.000000179. The molecule has 0 bridgehead atoms. The Morgan fingerprint density at radius 2 is 1.28 bits per heavy atom. The number of ketones is 1. The Hall–Kier alpha value is -3.01. The maximum absolute atomic E-state index is 12.6. The number of amides is 1. The van der Waals surface area contributed by atoms with E-state index in [-0.39, 0.29) is 28.1 Å². The van der Waals surface area contributed by atoms with E-state index in [0.29, 0.717) is 0 Å². The second-order valence-corrected chi connectivity index (χ2v) is 10.7. The summed E-state index contributed by atoms with van der Waals surface area (Å²) in [6, 6.07) is 21.0. The normalized spacial score (nSPS) is 20.7. The number of fused-ring (bicyclic) bond motifs is 2. The van der Waals surface area contributed by atoms with Crippen LogP contribution in [0.2, 0.25) is 0 Å². The summed E-state index contributed by atoms with van der Waals surface area (Å²) in [7, 11) is 0. The Morgan fingerprint density at radius 1 is 0.806 bits per heavy atom. The van der Waals surface area contributed by atoms with E-state index in [1.165, 1.54) is 30.5 Å². The molecule has 3 aliphatic heterocycles. The van der Waals surface area contributed by atoms with Crippen molar-refractivity contribution in [1.82, 2.24) is 16.0 Å². The number of hydrogen-bond donors (Lipinski definition) is 3. The SMILES string of the molecule is CC(C)=O.CC1(C)NC(=O)C2(CCNCC2)c2ccccc21.N#CC1(c2ccccc2)CCNCC1. The summed E-state index contributed by atoms with van der Waals surface area (Å²) >= 11 is 0. The standard InChI is InChI=1S/C15H20N2O.C12H14N2.C3H6O/c1-14(2)11-5-3-4-6-12(11)15(13(18)17-14)7-9-16-10-8-15;13-10-12(6-8-14-9-7-12)11-4-2-1-3-5-11;1-3(2)4/h3-6,16H,7-10H2,1-2H3,(H,17,18);1-5,14H,6-9H2;1-2H3. The molecule has 6 heteroatoms. The van der Waals surface area contributed by atoms with E-state index < -0.39 is 0 Å². The summed E-state index contributed by atoms with van der Waals surface area (Å²) in [6.45, 7) is 10.9. The summed E-state index contributed by atoms with van der Waals surface area (Å²) in [5, 5.41) is 19.2. The average molecular weight is 489 g/mol. The van der Waals surface area contributed by atoms with Crippen LogP contribution in [0, 0.1) is 11.3 Å². The predicted octanol–water partition coefficient (Wildman–Crippen LogP) is 4.10. The molecular formula is C30H40N4O2. The van der Waals surface area contributed by atoms with Crippen LogP contribution in [0.4, 0.5) is 0 Å². The first-order valence-corrected chi connectivity index (χ1v) is 12.9. The molecule has 3 aliphatic rings. The number of carbonyl (C=O) groups excluding carboxylic acids is 2. The number of carbonyl (C=O) groups is 2. The van der Waals surface area contributed by atoms with Crippen LogP contribution in [0.5, 0.6) is 0 Å². The third-order valence-corrected chi connectivity index (χ3v) is 7.43. The van der Waals surface area contributed by atoms with Gasteiger partial charge in [0.05, 0.1) is 22.4 Å². The number of benzene rings is 2. The molecule has 2 aromatic carbocycles. The highest BCUT2D eigenvalue weighted by Gasteiger charge is 2.49. The molecule has 2 fully saturated rings. The lowest BCUT2D eigenvalue weighted by molar-refractivity contribution is -0.130. The maximum atomic E-state index is 12.6. The third-order valence-electron chi connectivity index (χ3n) is 7.43. The van der Waals surface area contributed by atoms with Gasteiger partial charge < -0.3 is 20.7 Å². The van der Waals surface area contributed by atoms with Gasteiger partial charge in [-0.3, -0.25) is 4.79 Å². The monoisotopic (exact) mass is 488 g/mol. The summed E-state index contributed by atoms with van der Waals surface area (Å²) in [5.74, 6) is 0.368. The van der Waals surface area contributed by atoms with E-state index in [4.69, 9.17) is 0 Å². The zero-order valence-corrected chi connectivity index (χ0v) is 22.1. The molecule has 0 unspecified atom stereocenters. The van der Waals surface area contributed by atoms with Crippen molar-refractivity contribution in [2.75, 3.05) is 26.2 Å². The molecule has 0 aromatic heterocycles. The molecule has 192 valence electrons. The lowest BCUT2D eigenvalue weighted by atomic mass is 9.65. The van der Waals surface area contributed by atoms with Crippen LogP contribution in [0.25, 0.3) is 0 Å². The van der Waals surface area contributed by atoms with Crippen molar-refractivity contribution in [3.8, 4) is 6.07 Å². The van der Waals surface area contributed by atoms with E-state index in [9.17, 15) is 14.9 Å². The van der Waals surface area contributed by atoms with Crippen molar-refractivity contribution in [3.63, 3.8) is 0 Å². The second kappa shape index (κ2) is 11.8. The molecule has 36 heavy (non-hydrogen) atoms. The Kier molecular flexibility index (Phi) is 9.05. The number of nitrogens with one attached hydrogen (secondary N) is 3. The van der Waals surface area contributed by atoms with Crippen LogP contribution < -0.4 is 16.0 Å². The van der Waals surface area contributed by atoms with Crippen LogP contribution in [-0.4, -0.2) is 37.9 Å². The van der Waals surface area contributed by atoms with Crippen molar-refractivity contribution in [2.45, 2.75) is 69.7 Å². The van der Waals surface area contributed by atoms with E-state index in [0.717, 1.165) is 51.9 Å². The minimum absolute atomic E-state index is 0.167. The zero-order chi connectivity index (χ0) is 26.2. The molecule has 0 radical (unpaired) electrons. The van der Waals surface area contributed by atoms with Gasteiger partial charge in [0.25, 0.3) is 0 Å². The first kappa shape index (κ1) is 27.6. The Bertz CT molecular complexity index is 1070. The van der Waals surface area contributed by atoms with Crippen LogP contribution in [0.15, 0.2) is 54.6 Å². The van der Waals surface area contributed by atoms with Gasteiger partial charge in [-0.1, -0.05) is 54.6 Å². The fourth-order valence-corrected chi connectivity index (χ4v) is 5.46. The molecule has 0 atom stereocenters. The van der Waals surface area contributed by atoms with Gasteiger partial charge in [-0.05, 0) is 96.2 Å². The van der Waals surface area contributed by atoms with Gasteiger partial charge in [0, 0.05) is 0 Å². The Morgan fingerprint density at radius 3 is 1.81 bits per heavy atom. The summed E-state index contributed by atoms with van der Waals surface area (Å²) in [4.78, 5) is 22.1. The van der Waals surface area contributed by atoms with Crippen molar-refractivity contribution < 1.29 is 9.59 Å². The number of nitrogens with zero attached hydrogens (tertiary/aromatic N) is 1. The molecule has 2 aromatic rings. The highest BCUT2D eigenvalue weighted by molar-refractivity contribution is 5.91. The zero-order valence-electron chi connectivity index (χ0n) is 22.1. The smallest absolute Gasteiger partial charge is 0.231 e. The molecule has 0 saturated carbocycles. The van der Waals surface area contributed by atoms with Crippen molar-refractivity contribution >= 4 is 11.7 Å². The number of nitriles is 1. The second-order valence-electron chi connectivity index (χ2n) is 10.7.